The predicted octanol–water partition coefficient (Wildman–Crippen LogP) is 16.9. The van der Waals surface area contributed by atoms with Gasteiger partial charge in [0.05, 0.1) is 46.5 Å². The van der Waals surface area contributed by atoms with Crippen LogP contribution in [-0.4, -0.2) is 203 Å². The number of alkyl halides is 2. The molecule has 6 fully saturated rings. The molecule has 8 aromatic carbocycles. The van der Waals surface area contributed by atoms with Crippen molar-refractivity contribution in [3.05, 3.63) is 335 Å². The average Bonchev–Trinajstić information content (AvgIpc) is 0.863. The van der Waals surface area contributed by atoms with Gasteiger partial charge >= 0.3 is 40.0 Å². The molecule has 7 aliphatic rings. The minimum Gasteiger partial charge on any atom is -0.493 e. The second kappa shape index (κ2) is 45.4. The summed E-state index contributed by atoms with van der Waals surface area (Å²) in [5.74, 6) is 3.97. The largest absolute Gasteiger partial charge is 0.586 e. The number of rotatable bonds is 14. The van der Waals surface area contributed by atoms with E-state index in [0.29, 0.717) is 113 Å². The van der Waals surface area contributed by atoms with Crippen LogP contribution in [0.15, 0.2) is 327 Å². The fraction of sp³-hybridized carbons (Fsp3) is 0.261. The van der Waals surface area contributed by atoms with E-state index >= 15 is 0 Å². The van der Waals surface area contributed by atoms with Gasteiger partial charge in [-0.1, -0.05) is 54.6 Å². The quantitative estimate of drug-likeness (QED) is 0.0675. The summed E-state index contributed by atoms with van der Waals surface area (Å²) in [7, 11) is 5.30. The minimum atomic E-state index is -3.69. The number of nitrogens with zero attached hydrogens (tertiary/aromatic N) is 10. The van der Waals surface area contributed by atoms with E-state index in [-0.39, 0.29) is 45.4 Å². The molecule has 7 aliphatic heterocycles. The number of benzene rings is 8. The van der Waals surface area contributed by atoms with Gasteiger partial charge in [0, 0.05) is 231 Å². The molecule has 34 heteroatoms. The maximum atomic E-state index is 13.2. The Morgan fingerprint density at radius 2 is 0.631 bits per heavy atom. The molecule has 0 bridgehead atoms. The summed E-state index contributed by atoms with van der Waals surface area (Å²) in [5.41, 5.74) is 8.43. The summed E-state index contributed by atoms with van der Waals surface area (Å²) in [4.78, 5) is 104. The predicted molar refractivity (Wildman–Crippen MR) is 582 cm³/mol. The second-order valence-corrected chi connectivity index (χ2v) is 38.0. The van der Waals surface area contributed by atoms with E-state index in [4.69, 9.17) is 36.0 Å². The van der Waals surface area contributed by atoms with E-state index in [1.54, 1.807) is 68.4 Å². The smallest absolute Gasteiger partial charge is 0.493 e. The monoisotopic (exact) mass is 2030 g/mol. The summed E-state index contributed by atoms with van der Waals surface area (Å²) in [5, 5.41) is 29.5. The van der Waals surface area contributed by atoms with Crippen LogP contribution in [0.3, 0.4) is 0 Å². The number of methoxy groups -OCH3 is 2. The molecular weight excluding hydrogens is 1920 g/mol. The van der Waals surface area contributed by atoms with Crippen molar-refractivity contribution in [2.75, 3.05) is 195 Å². The van der Waals surface area contributed by atoms with Crippen molar-refractivity contribution in [2.45, 2.75) is 32.2 Å². The Hall–Kier alpha value is -16.2. The summed E-state index contributed by atoms with van der Waals surface area (Å²) in [6.45, 7) is 25.2. The van der Waals surface area contributed by atoms with Crippen molar-refractivity contribution in [2.24, 2.45) is 0 Å². The highest BCUT2D eigenvalue weighted by atomic mass is 32.1. The molecule has 0 amide bonds. The maximum Gasteiger partial charge on any atom is 0.586 e. The van der Waals surface area contributed by atoms with Gasteiger partial charge in [-0.15, -0.1) is 8.78 Å². The Morgan fingerprint density at radius 1 is 0.322 bits per heavy atom. The van der Waals surface area contributed by atoms with Gasteiger partial charge in [0.1, 0.15) is 34.4 Å². The average molecular weight is 2030 g/mol. The summed E-state index contributed by atoms with van der Waals surface area (Å²) in [6, 6.07) is 76.0. The molecule has 25 rings (SSSR count). The number of halogens is 2. The van der Waals surface area contributed by atoms with Gasteiger partial charge in [0.15, 0.2) is 40.3 Å². The van der Waals surface area contributed by atoms with Gasteiger partial charge in [-0.2, -0.15) is 11.3 Å². The molecule has 6 saturated heterocycles. The van der Waals surface area contributed by atoms with Crippen molar-refractivity contribution < 1.29 is 54.2 Å². The number of fused-ring (bicyclic) bond motifs is 7. The first-order valence-electron chi connectivity index (χ1n) is 49.7. The standard InChI is InChI=1S/C21H22N2O4.C20H16F2N2O4.C20H21N3O2.C19H19N3O2.C18H17N3O2.C17H16N2O2S/c1-25-18-6-4-15(12-20(18)26-2)19-11-14-3-5-16(13-17(14)21(24)27-19)23-9-7-22-8-10-23;21-20(22)27-16-4-2-13(10-18(16)28-20)17-9-12-1-3-14(11-15(12)19(25)26-17)24-7-5-23-6-8-24;1-13-11-23(12-14(2)22-13)16-7-6-15-9-19(18-5-3-4-8-21-18)25-20(24)17(15)10-16;1-21-8-10-22(11-9-21)15-6-5-14-12-18(17-4-2-3-7-20-17)24-19(23)16(14)13-15;22-18-15-12-14(21-9-7-19-8-10-21)5-4-13(15)11-17(23-18)16-3-1-2-6-20-16;20-17-15-10-14(19-6-4-18-5-7-19)2-1-12(15)9-16(21-17)13-3-8-22-11-13/h3-6,11-13,22H,7-10H2,1-2H3;1-4,9-11,23H,5-8H2;3-10,13-14,22H,11-12H2,1-2H3;2-7,12-13H,8-11H2,1H3;1-6,11-12,19H,7-10H2;1-3,8-11,18H,4-7H2/t;;13-,14+;;;. The molecule has 18 aromatic rings. The molecule has 0 spiro atoms. The number of nitrogens with one attached hydrogen (secondary N) is 5. The third-order valence-electron chi connectivity index (χ3n) is 27.1. The highest BCUT2D eigenvalue weighted by Gasteiger charge is 2.44. The van der Waals surface area contributed by atoms with E-state index in [0.717, 1.165) is 216 Å². The molecule has 2 atom stereocenters. The van der Waals surface area contributed by atoms with Gasteiger partial charge in [0.25, 0.3) is 0 Å². The highest BCUT2D eigenvalue weighted by molar-refractivity contribution is 7.08. The maximum absolute atomic E-state index is 13.2. The Kier molecular flexibility index (Phi) is 30.5. The molecule has 0 aliphatic carbocycles. The number of hydrogen-bond acceptors (Lipinski definition) is 32. The van der Waals surface area contributed by atoms with E-state index < -0.39 is 11.9 Å². The van der Waals surface area contributed by atoms with Gasteiger partial charge in [-0.25, -0.2) is 28.8 Å². The molecule has 0 radical (unpaired) electrons. The van der Waals surface area contributed by atoms with Crippen molar-refractivity contribution in [1.29, 1.82) is 0 Å². The van der Waals surface area contributed by atoms with Crippen molar-refractivity contribution >= 4 is 110 Å². The fourth-order valence-electron chi connectivity index (χ4n) is 19.3. The van der Waals surface area contributed by atoms with E-state index in [1.165, 1.54) is 12.1 Å². The minimum absolute atomic E-state index is 0.0578. The first-order valence-corrected chi connectivity index (χ1v) is 50.7. The number of piperazine rings is 6. The zero-order valence-corrected chi connectivity index (χ0v) is 83.7. The molecule has 5 N–H and O–H groups in total. The Bertz CT molecular complexity index is 8210. The Morgan fingerprint density at radius 3 is 0.960 bits per heavy atom. The van der Waals surface area contributed by atoms with Crippen LogP contribution in [-0.2, 0) is 0 Å². The number of ether oxygens (including phenoxy) is 4. The van der Waals surface area contributed by atoms with Crippen LogP contribution in [0.4, 0.5) is 42.9 Å². The van der Waals surface area contributed by atoms with Crippen LogP contribution in [0, 0.1) is 0 Å². The first-order chi connectivity index (χ1) is 72.6. The van der Waals surface area contributed by atoms with Crippen molar-refractivity contribution in [3.63, 3.8) is 0 Å². The summed E-state index contributed by atoms with van der Waals surface area (Å²) < 4.78 is 78.9. The molecule has 149 heavy (non-hydrogen) atoms. The lowest BCUT2D eigenvalue weighted by Crippen LogP contribution is -2.54. The zero-order valence-electron chi connectivity index (χ0n) is 82.9. The molecule has 31 nitrogen and oxygen atoms in total. The number of pyridine rings is 3. The number of likely N-dealkylation sites (N-methyl/N-ethyl adjacent to an activating group) is 1. The van der Waals surface area contributed by atoms with Crippen LogP contribution in [0.5, 0.6) is 23.0 Å². The van der Waals surface area contributed by atoms with Crippen LogP contribution >= 0.6 is 11.3 Å². The first kappa shape index (κ1) is 100. The Labute approximate surface area is 858 Å². The SMILES string of the molecule is CN1CCN(c2ccc3cc(-c4ccccn4)oc(=O)c3c2)CC1.COc1ccc(-c2cc3ccc(N4CCNCC4)cc3c(=O)o2)cc1OC.C[C@@H]1CN(c2ccc3cc(-c4ccccn4)oc(=O)c3c2)C[C@H](C)N1.O=c1oc(-c2ccc3c(c2)OC(F)(F)O3)cc2ccc(N3CCNCC3)cc12.O=c1oc(-c2ccccn2)cc2ccc(N3CCNCC3)cc12.O=c1oc(-c2ccsc2)cc2ccc(N3CCNCC3)cc12. The molecule has 17 heterocycles. The number of thiophene rings is 1. The topological polar surface area (TPSA) is 340 Å². The van der Waals surface area contributed by atoms with Crippen molar-refractivity contribution in [1.82, 2.24) is 46.4 Å². The van der Waals surface area contributed by atoms with E-state index in [1.807, 2.05) is 187 Å². The molecule has 10 aromatic heterocycles. The highest BCUT2D eigenvalue weighted by Crippen LogP contribution is 2.44. The molecule has 0 unspecified atom stereocenters. The van der Waals surface area contributed by atoms with Crippen LogP contribution < -0.4 is 109 Å². The second-order valence-electron chi connectivity index (χ2n) is 37.2. The number of hydrogen-bond donors (Lipinski definition) is 5. The molecule has 762 valence electrons. The third-order valence-corrected chi connectivity index (χ3v) is 27.8. The number of aromatic nitrogens is 3. The lowest BCUT2D eigenvalue weighted by atomic mass is 10.1. The van der Waals surface area contributed by atoms with E-state index in [9.17, 15) is 37.5 Å². The normalized spacial score (nSPS) is 16.6. The summed E-state index contributed by atoms with van der Waals surface area (Å²) >= 11 is 1.59. The van der Waals surface area contributed by atoms with Crippen molar-refractivity contribution in [3.8, 4) is 91.3 Å². The third kappa shape index (κ3) is 23.6. The van der Waals surface area contributed by atoms with Crippen LogP contribution in [0.25, 0.3) is 133 Å². The van der Waals surface area contributed by atoms with E-state index in [2.05, 4.69) is 137 Å². The molecular formula is C115H111F2N15O16S. The summed E-state index contributed by atoms with van der Waals surface area (Å²) in [6.07, 6.45) is 1.38. The number of anilines is 6. The van der Waals surface area contributed by atoms with Crippen LogP contribution in [0.1, 0.15) is 13.8 Å². The van der Waals surface area contributed by atoms with Gasteiger partial charge < -0.3 is 106 Å². The van der Waals surface area contributed by atoms with Gasteiger partial charge in [-0.05, 0) is 247 Å². The lowest BCUT2D eigenvalue weighted by molar-refractivity contribution is -0.286. The fourth-order valence-corrected chi connectivity index (χ4v) is 20.0. The lowest BCUT2D eigenvalue weighted by Gasteiger charge is -2.37. The zero-order chi connectivity index (χ0) is 103. The van der Waals surface area contributed by atoms with Gasteiger partial charge in [0.2, 0.25) is 0 Å². The Balaban J connectivity index is 0.000000108. The molecule has 0 saturated carbocycles. The van der Waals surface area contributed by atoms with Gasteiger partial charge in [-0.3, -0.25) is 15.0 Å². The van der Waals surface area contributed by atoms with Crippen LogP contribution in [0.2, 0.25) is 0 Å².